The van der Waals surface area contributed by atoms with E-state index in [-0.39, 0.29) is 18.6 Å². The number of alkyl halides is 1. The Morgan fingerprint density at radius 1 is 1.42 bits per heavy atom. The highest BCUT2D eigenvalue weighted by atomic mass is 79.9. The summed E-state index contributed by atoms with van der Waals surface area (Å²) >= 11 is 3.20. The average Bonchev–Trinajstić information content (AvgIpc) is 2.38. The molecule has 0 atom stereocenters. The molecule has 0 N–H and O–H groups in total. The standard InChI is InChI=1S/C14H14BrNO3/c1-2-19-13(18)8-10-4-3-5-11(9-16)14(10)12(17)6-7-15/h3-5H,2,6-8H2,1H3. The number of benzene rings is 1. The molecule has 0 amide bonds. The zero-order valence-electron chi connectivity index (χ0n) is 10.6. The van der Waals surface area contributed by atoms with Crippen molar-refractivity contribution < 1.29 is 14.3 Å². The number of Topliss-reactive ketones (excluding diaryl/α,β-unsaturated/α-hetero) is 1. The summed E-state index contributed by atoms with van der Waals surface area (Å²) in [4.78, 5) is 23.6. The molecule has 0 heterocycles. The lowest BCUT2D eigenvalue weighted by Gasteiger charge is -2.09. The normalized spacial score (nSPS) is 9.74. The largest absolute Gasteiger partial charge is 0.466 e. The van der Waals surface area contributed by atoms with Gasteiger partial charge in [-0.05, 0) is 18.6 Å². The molecule has 100 valence electrons. The third-order valence-corrected chi connectivity index (χ3v) is 2.91. The number of ether oxygens (including phenoxy) is 1. The maximum absolute atomic E-state index is 12.1. The van der Waals surface area contributed by atoms with Crippen LogP contribution in [0.2, 0.25) is 0 Å². The molecule has 0 saturated heterocycles. The first-order valence-corrected chi connectivity index (χ1v) is 7.03. The van der Waals surface area contributed by atoms with Crippen molar-refractivity contribution in [2.45, 2.75) is 19.8 Å². The SMILES string of the molecule is CCOC(=O)Cc1cccc(C#N)c1C(=O)CCBr. The lowest BCUT2D eigenvalue weighted by molar-refractivity contribution is -0.142. The van der Waals surface area contributed by atoms with Crippen molar-refractivity contribution in [3.63, 3.8) is 0 Å². The Kier molecular flexibility index (Phi) is 6.23. The van der Waals surface area contributed by atoms with E-state index in [0.29, 0.717) is 28.6 Å². The highest BCUT2D eigenvalue weighted by Gasteiger charge is 2.18. The van der Waals surface area contributed by atoms with Crippen LogP contribution in [0.25, 0.3) is 0 Å². The Morgan fingerprint density at radius 3 is 2.74 bits per heavy atom. The van der Waals surface area contributed by atoms with E-state index in [1.165, 1.54) is 0 Å². The van der Waals surface area contributed by atoms with Crippen LogP contribution >= 0.6 is 15.9 Å². The predicted molar refractivity (Wildman–Crippen MR) is 74.2 cm³/mol. The third-order valence-electron chi connectivity index (χ3n) is 2.51. The van der Waals surface area contributed by atoms with Crippen molar-refractivity contribution in [1.29, 1.82) is 5.26 Å². The first-order valence-electron chi connectivity index (χ1n) is 5.90. The number of nitriles is 1. The summed E-state index contributed by atoms with van der Waals surface area (Å²) in [6, 6.07) is 6.92. The van der Waals surface area contributed by atoms with Crippen molar-refractivity contribution >= 4 is 27.7 Å². The van der Waals surface area contributed by atoms with E-state index in [0.717, 1.165) is 0 Å². The van der Waals surface area contributed by atoms with E-state index >= 15 is 0 Å². The average molecular weight is 324 g/mol. The smallest absolute Gasteiger partial charge is 0.310 e. The molecule has 0 bridgehead atoms. The topological polar surface area (TPSA) is 67.2 Å². The number of hydrogen-bond donors (Lipinski definition) is 0. The van der Waals surface area contributed by atoms with Gasteiger partial charge in [0, 0.05) is 17.3 Å². The van der Waals surface area contributed by atoms with Crippen molar-refractivity contribution in [2.24, 2.45) is 0 Å². The lowest BCUT2D eigenvalue weighted by Crippen LogP contribution is -2.13. The van der Waals surface area contributed by atoms with Gasteiger partial charge < -0.3 is 4.74 Å². The van der Waals surface area contributed by atoms with Gasteiger partial charge in [-0.3, -0.25) is 9.59 Å². The summed E-state index contributed by atoms with van der Waals surface area (Å²) in [5.41, 5.74) is 1.17. The van der Waals surface area contributed by atoms with Gasteiger partial charge in [-0.25, -0.2) is 0 Å². The molecule has 0 spiro atoms. The maximum atomic E-state index is 12.1. The molecule has 0 aliphatic heterocycles. The zero-order chi connectivity index (χ0) is 14.3. The minimum absolute atomic E-state index is 0.00667. The monoisotopic (exact) mass is 323 g/mol. The van der Waals surface area contributed by atoms with Crippen LogP contribution < -0.4 is 0 Å². The van der Waals surface area contributed by atoms with Gasteiger partial charge in [-0.1, -0.05) is 28.1 Å². The summed E-state index contributed by atoms with van der Waals surface area (Å²) in [5.74, 6) is -0.543. The fraction of sp³-hybridized carbons (Fsp3) is 0.357. The van der Waals surface area contributed by atoms with E-state index in [1.807, 2.05) is 6.07 Å². The van der Waals surface area contributed by atoms with Crippen LogP contribution in [0.4, 0.5) is 0 Å². The molecule has 5 heteroatoms. The Bertz CT molecular complexity index is 520. The van der Waals surface area contributed by atoms with E-state index in [9.17, 15) is 9.59 Å². The molecule has 1 rings (SSSR count). The van der Waals surface area contributed by atoms with Gasteiger partial charge in [0.1, 0.15) is 0 Å². The molecule has 19 heavy (non-hydrogen) atoms. The molecule has 1 aromatic carbocycles. The fourth-order valence-electron chi connectivity index (χ4n) is 1.75. The van der Waals surface area contributed by atoms with Gasteiger partial charge in [0.2, 0.25) is 0 Å². The Morgan fingerprint density at radius 2 is 2.16 bits per heavy atom. The molecular weight excluding hydrogens is 310 g/mol. The summed E-state index contributed by atoms with van der Waals surface area (Å²) in [7, 11) is 0. The minimum Gasteiger partial charge on any atom is -0.466 e. The molecule has 0 radical (unpaired) electrons. The fourth-order valence-corrected chi connectivity index (χ4v) is 2.11. The van der Waals surface area contributed by atoms with Crippen molar-refractivity contribution in [3.8, 4) is 6.07 Å². The lowest BCUT2D eigenvalue weighted by atomic mass is 9.95. The van der Waals surface area contributed by atoms with Gasteiger partial charge in [0.05, 0.1) is 24.7 Å². The first kappa shape index (κ1) is 15.4. The van der Waals surface area contributed by atoms with E-state index in [4.69, 9.17) is 10.00 Å². The highest BCUT2D eigenvalue weighted by Crippen LogP contribution is 2.18. The quantitative estimate of drug-likeness (QED) is 0.458. The van der Waals surface area contributed by atoms with Crippen LogP contribution in [0.5, 0.6) is 0 Å². The molecule has 0 aliphatic carbocycles. The third kappa shape index (κ3) is 4.18. The van der Waals surface area contributed by atoms with Crippen LogP contribution in [0.15, 0.2) is 18.2 Å². The highest BCUT2D eigenvalue weighted by molar-refractivity contribution is 9.09. The van der Waals surface area contributed by atoms with Gasteiger partial charge >= 0.3 is 5.97 Å². The summed E-state index contributed by atoms with van der Waals surface area (Å²) in [6.45, 7) is 2.02. The van der Waals surface area contributed by atoms with Gasteiger partial charge in [0.15, 0.2) is 5.78 Å². The Labute approximate surface area is 120 Å². The van der Waals surface area contributed by atoms with Crippen LogP contribution in [-0.4, -0.2) is 23.7 Å². The maximum Gasteiger partial charge on any atom is 0.310 e. The van der Waals surface area contributed by atoms with Gasteiger partial charge in [0.25, 0.3) is 0 Å². The van der Waals surface area contributed by atoms with Crippen LogP contribution in [-0.2, 0) is 16.0 Å². The molecule has 1 aromatic rings. The number of carbonyl (C=O) groups excluding carboxylic acids is 2. The Hall–Kier alpha value is -1.67. The van der Waals surface area contributed by atoms with Crippen LogP contribution in [0.3, 0.4) is 0 Å². The molecular formula is C14H14BrNO3. The molecule has 0 aliphatic rings. The van der Waals surface area contributed by atoms with E-state index < -0.39 is 5.97 Å². The molecule has 4 nitrogen and oxygen atoms in total. The van der Waals surface area contributed by atoms with E-state index in [2.05, 4.69) is 15.9 Å². The number of ketones is 1. The summed E-state index contributed by atoms with van der Waals surface area (Å²) < 4.78 is 4.87. The number of rotatable bonds is 6. The number of hydrogen-bond acceptors (Lipinski definition) is 4. The number of nitrogens with zero attached hydrogens (tertiary/aromatic N) is 1. The van der Waals surface area contributed by atoms with Crippen molar-refractivity contribution in [2.75, 3.05) is 11.9 Å². The van der Waals surface area contributed by atoms with Crippen LogP contribution in [0.1, 0.15) is 34.8 Å². The molecule has 0 aromatic heterocycles. The molecule has 0 unspecified atom stereocenters. The summed E-state index contributed by atoms with van der Waals surface area (Å²) in [5, 5.41) is 9.59. The summed E-state index contributed by atoms with van der Waals surface area (Å²) in [6.07, 6.45) is 0.293. The Balaban J connectivity index is 3.13. The van der Waals surface area contributed by atoms with Gasteiger partial charge in [-0.15, -0.1) is 0 Å². The minimum atomic E-state index is -0.398. The van der Waals surface area contributed by atoms with Gasteiger partial charge in [-0.2, -0.15) is 5.26 Å². The number of carbonyl (C=O) groups is 2. The molecule has 0 fully saturated rings. The second kappa shape index (κ2) is 7.70. The van der Waals surface area contributed by atoms with Crippen LogP contribution in [0, 0.1) is 11.3 Å². The predicted octanol–water partition coefficient (Wildman–Crippen LogP) is 2.63. The van der Waals surface area contributed by atoms with E-state index in [1.54, 1.807) is 25.1 Å². The number of esters is 1. The number of halogens is 1. The second-order valence-corrected chi connectivity index (χ2v) is 4.59. The van der Waals surface area contributed by atoms with Crippen molar-refractivity contribution in [3.05, 3.63) is 34.9 Å². The van der Waals surface area contributed by atoms with Crippen molar-refractivity contribution in [1.82, 2.24) is 0 Å². The first-order chi connectivity index (χ1) is 9.13. The zero-order valence-corrected chi connectivity index (χ0v) is 12.2. The second-order valence-electron chi connectivity index (χ2n) is 3.80. The molecule has 0 saturated carbocycles.